The quantitative estimate of drug-likeness (QED) is 0.484. The van der Waals surface area contributed by atoms with Gasteiger partial charge >= 0.3 is 5.97 Å². The van der Waals surface area contributed by atoms with Gasteiger partial charge in [0.2, 0.25) is 0 Å². The minimum Gasteiger partial charge on any atom is -0.466 e. The molecule has 1 aliphatic rings. The van der Waals surface area contributed by atoms with Crippen molar-refractivity contribution in [2.45, 2.75) is 33.6 Å². The monoisotopic (exact) mass is 182 g/mol. The van der Waals surface area contributed by atoms with Crippen LogP contribution in [0.2, 0.25) is 0 Å². The fraction of sp³-hybridized carbons (Fsp3) is 0.727. The molecule has 1 aliphatic carbocycles. The van der Waals surface area contributed by atoms with Gasteiger partial charge in [0.15, 0.2) is 0 Å². The number of allylic oxidation sites excluding steroid dienone is 2. The van der Waals surface area contributed by atoms with Gasteiger partial charge in [0, 0.05) is 6.92 Å². The maximum Gasteiger partial charge on any atom is 0.302 e. The van der Waals surface area contributed by atoms with Gasteiger partial charge in [0.25, 0.3) is 0 Å². The van der Waals surface area contributed by atoms with Crippen LogP contribution in [0.3, 0.4) is 0 Å². The number of carbonyl (C=O) groups is 1. The molecule has 74 valence electrons. The molecule has 0 heterocycles. The Labute approximate surface area is 80.0 Å². The predicted octanol–water partition coefficient (Wildman–Crippen LogP) is 2.54. The van der Waals surface area contributed by atoms with E-state index in [1.54, 1.807) is 0 Å². The Kier molecular flexibility index (Phi) is 3.52. The van der Waals surface area contributed by atoms with Gasteiger partial charge in [0.1, 0.15) is 0 Å². The Balaban J connectivity index is 2.40. The van der Waals surface area contributed by atoms with E-state index < -0.39 is 0 Å². The summed E-state index contributed by atoms with van der Waals surface area (Å²) in [6, 6.07) is 0. The molecule has 2 unspecified atom stereocenters. The molecule has 0 aromatic rings. The first-order valence-electron chi connectivity index (χ1n) is 4.90. The lowest BCUT2D eigenvalue weighted by Gasteiger charge is -2.26. The first-order chi connectivity index (χ1) is 6.09. The molecule has 0 fully saturated rings. The molecule has 0 aromatic heterocycles. The molecule has 13 heavy (non-hydrogen) atoms. The number of rotatable bonds is 2. The second-order valence-corrected chi connectivity index (χ2v) is 3.97. The molecule has 2 nitrogen and oxygen atoms in total. The molecular weight excluding hydrogens is 164 g/mol. The summed E-state index contributed by atoms with van der Waals surface area (Å²) in [5, 5.41) is 0. The summed E-state index contributed by atoms with van der Waals surface area (Å²) in [5.41, 5.74) is 1.46. The zero-order chi connectivity index (χ0) is 9.84. The highest BCUT2D eigenvalue weighted by molar-refractivity contribution is 5.65. The van der Waals surface area contributed by atoms with Crippen LogP contribution in [-0.2, 0) is 9.53 Å². The standard InChI is InChI=1S/C11H18O2/c1-8-4-5-11(9(2)6-8)7-13-10(3)12/h6,9,11H,4-5,7H2,1-3H3. The summed E-state index contributed by atoms with van der Waals surface area (Å²) in [7, 11) is 0. The van der Waals surface area contributed by atoms with E-state index >= 15 is 0 Å². The largest absolute Gasteiger partial charge is 0.466 e. The van der Waals surface area contributed by atoms with Crippen molar-refractivity contribution >= 4 is 5.97 Å². The molecule has 0 amide bonds. The van der Waals surface area contributed by atoms with E-state index in [9.17, 15) is 4.79 Å². The molecule has 1 rings (SSSR count). The maximum absolute atomic E-state index is 10.6. The normalized spacial score (nSPS) is 28.1. The zero-order valence-corrected chi connectivity index (χ0v) is 8.67. The Bertz CT molecular complexity index is 218. The first-order valence-corrected chi connectivity index (χ1v) is 4.90. The Morgan fingerprint density at radius 2 is 2.38 bits per heavy atom. The van der Waals surface area contributed by atoms with Crippen molar-refractivity contribution in [3.05, 3.63) is 11.6 Å². The van der Waals surface area contributed by atoms with Crippen LogP contribution >= 0.6 is 0 Å². The summed E-state index contributed by atoms with van der Waals surface area (Å²) in [6.07, 6.45) is 4.59. The molecule has 0 N–H and O–H groups in total. The van der Waals surface area contributed by atoms with E-state index in [1.807, 2.05) is 0 Å². The van der Waals surface area contributed by atoms with Gasteiger partial charge < -0.3 is 4.74 Å². The molecule has 0 bridgehead atoms. The van der Waals surface area contributed by atoms with Crippen LogP contribution in [-0.4, -0.2) is 12.6 Å². The number of ether oxygens (including phenoxy) is 1. The number of hydrogen-bond acceptors (Lipinski definition) is 2. The topological polar surface area (TPSA) is 26.3 Å². The highest BCUT2D eigenvalue weighted by atomic mass is 16.5. The summed E-state index contributed by atoms with van der Waals surface area (Å²) in [6.45, 7) is 6.41. The van der Waals surface area contributed by atoms with Crippen molar-refractivity contribution in [3.8, 4) is 0 Å². The van der Waals surface area contributed by atoms with Gasteiger partial charge in [-0.25, -0.2) is 0 Å². The van der Waals surface area contributed by atoms with E-state index in [4.69, 9.17) is 4.74 Å². The van der Waals surface area contributed by atoms with Crippen molar-refractivity contribution in [2.24, 2.45) is 11.8 Å². The van der Waals surface area contributed by atoms with Crippen LogP contribution in [0.5, 0.6) is 0 Å². The van der Waals surface area contributed by atoms with E-state index in [0.717, 1.165) is 12.8 Å². The highest BCUT2D eigenvalue weighted by Gasteiger charge is 2.20. The van der Waals surface area contributed by atoms with Crippen molar-refractivity contribution in [2.75, 3.05) is 6.61 Å². The minimum atomic E-state index is -0.168. The molecule has 0 spiro atoms. The Morgan fingerprint density at radius 3 is 2.92 bits per heavy atom. The molecule has 0 saturated heterocycles. The first kappa shape index (κ1) is 10.3. The fourth-order valence-corrected chi connectivity index (χ4v) is 1.80. The minimum absolute atomic E-state index is 0.168. The third-order valence-electron chi connectivity index (χ3n) is 2.70. The van der Waals surface area contributed by atoms with Gasteiger partial charge in [-0.2, -0.15) is 0 Å². The second kappa shape index (κ2) is 4.45. The third kappa shape index (κ3) is 3.21. The van der Waals surface area contributed by atoms with Gasteiger partial charge in [-0.3, -0.25) is 4.79 Å². The van der Waals surface area contributed by atoms with Gasteiger partial charge in [-0.1, -0.05) is 18.6 Å². The summed E-state index contributed by atoms with van der Waals surface area (Å²) in [5.74, 6) is 0.902. The average molecular weight is 182 g/mol. The van der Waals surface area contributed by atoms with Crippen LogP contribution in [0.15, 0.2) is 11.6 Å². The summed E-state index contributed by atoms with van der Waals surface area (Å²) in [4.78, 5) is 10.6. The summed E-state index contributed by atoms with van der Waals surface area (Å²) < 4.78 is 5.02. The van der Waals surface area contributed by atoms with Crippen molar-refractivity contribution in [1.29, 1.82) is 0 Å². The maximum atomic E-state index is 10.6. The van der Waals surface area contributed by atoms with Gasteiger partial charge in [0.05, 0.1) is 6.61 Å². The van der Waals surface area contributed by atoms with E-state index in [-0.39, 0.29) is 5.97 Å². The lowest BCUT2D eigenvalue weighted by Crippen LogP contribution is -2.21. The van der Waals surface area contributed by atoms with Crippen molar-refractivity contribution in [1.82, 2.24) is 0 Å². The van der Waals surface area contributed by atoms with Crippen LogP contribution in [0.25, 0.3) is 0 Å². The molecule has 0 aliphatic heterocycles. The Morgan fingerprint density at radius 1 is 1.69 bits per heavy atom. The van der Waals surface area contributed by atoms with Crippen molar-refractivity contribution in [3.63, 3.8) is 0 Å². The number of carbonyl (C=O) groups excluding carboxylic acids is 1. The van der Waals surface area contributed by atoms with E-state index in [1.165, 1.54) is 12.5 Å². The van der Waals surface area contributed by atoms with Crippen molar-refractivity contribution < 1.29 is 9.53 Å². The van der Waals surface area contributed by atoms with Gasteiger partial charge in [-0.05, 0) is 31.6 Å². The molecular formula is C11H18O2. The number of esters is 1. The van der Waals surface area contributed by atoms with Crippen LogP contribution in [0.1, 0.15) is 33.6 Å². The van der Waals surface area contributed by atoms with Crippen LogP contribution in [0, 0.1) is 11.8 Å². The average Bonchev–Trinajstić information content (AvgIpc) is 2.02. The Hall–Kier alpha value is -0.790. The third-order valence-corrected chi connectivity index (χ3v) is 2.70. The number of hydrogen-bond donors (Lipinski definition) is 0. The molecule has 0 aromatic carbocycles. The molecule has 2 atom stereocenters. The second-order valence-electron chi connectivity index (χ2n) is 3.97. The molecule has 0 radical (unpaired) electrons. The SMILES string of the molecule is CC(=O)OCC1CCC(C)=CC1C. The van der Waals surface area contributed by atoms with E-state index in [0.29, 0.717) is 18.4 Å². The van der Waals surface area contributed by atoms with Crippen LogP contribution < -0.4 is 0 Å². The molecule has 0 saturated carbocycles. The highest BCUT2D eigenvalue weighted by Crippen LogP contribution is 2.28. The van der Waals surface area contributed by atoms with E-state index in [2.05, 4.69) is 19.9 Å². The summed E-state index contributed by atoms with van der Waals surface area (Å²) >= 11 is 0. The van der Waals surface area contributed by atoms with Gasteiger partial charge in [-0.15, -0.1) is 0 Å². The predicted molar refractivity (Wildman–Crippen MR) is 52.3 cm³/mol. The molecule has 2 heteroatoms. The lowest BCUT2D eigenvalue weighted by molar-refractivity contribution is -0.142. The lowest BCUT2D eigenvalue weighted by atomic mass is 9.83. The smallest absolute Gasteiger partial charge is 0.302 e. The van der Waals surface area contributed by atoms with Crippen LogP contribution in [0.4, 0.5) is 0 Å². The zero-order valence-electron chi connectivity index (χ0n) is 8.67. The fourth-order valence-electron chi connectivity index (χ4n) is 1.80.